The van der Waals surface area contributed by atoms with E-state index in [1.165, 1.54) is 27.8 Å². The van der Waals surface area contributed by atoms with Crippen molar-refractivity contribution in [3.8, 4) is 11.1 Å². The minimum Gasteiger partial charge on any atom is -0.441 e. The van der Waals surface area contributed by atoms with Crippen LogP contribution in [0.1, 0.15) is 29.5 Å². The zero-order valence-electron chi connectivity index (χ0n) is 20.5. The third-order valence-corrected chi connectivity index (χ3v) is 7.19. The summed E-state index contributed by atoms with van der Waals surface area (Å²) in [5.74, 6) is 0. The molecule has 0 aliphatic carbocycles. The Morgan fingerprint density at radius 2 is 1.53 bits per heavy atom. The highest BCUT2D eigenvalue weighted by atomic mass is 35.5. The van der Waals surface area contributed by atoms with Gasteiger partial charge in [-0.2, -0.15) is 9.59 Å². The van der Waals surface area contributed by atoms with Gasteiger partial charge in [-0.3, -0.25) is 9.80 Å². The minimum absolute atomic E-state index is 0.223. The second-order valence-corrected chi connectivity index (χ2v) is 9.88. The van der Waals surface area contributed by atoms with Gasteiger partial charge >= 0.3 is 12.2 Å². The summed E-state index contributed by atoms with van der Waals surface area (Å²) in [6.07, 6.45) is 1.75. The molecule has 7 heteroatoms. The van der Waals surface area contributed by atoms with Crippen LogP contribution in [0.15, 0.2) is 66.7 Å². The summed E-state index contributed by atoms with van der Waals surface area (Å²) >= 11 is 6.07. The summed E-state index contributed by atoms with van der Waals surface area (Å²) in [6.45, 7) is 7.76. The van der Waals surface area contributed by atoms with E-state index >= 15 is 0 Å². The molecule has 5 rings (SSSR count). The zero-order valence-corrected chi connectivity index (χ0v) is 21.3. The Morgan fingerprint density at radius 3 is 2.11 bits per heavy atom. The highest BCUT2D eigenvalue weighted by Crippen LogP contribution is 2.36. The van der Waals surface area contributed by atoms with E-state index in [9.17, 15) is 4.79 Å². The fourth-order valence-electron chi connectivity index (χ4n) is 5.28. The van der Waals surface area contributed by atoms with Crippen molar-refractivity contribution in [2.45, 2.75) is 38.8 Å². The van der Waals surface area contributed by atoms with Crippen molar-refractivity contribution in [1.82, 2.24) is 4.90 Å². The van der Waals surface area contributed by atoms with Crippen LogP contribution >= 0.6 is 11.6 Å². The van der Waals surface area contributed by atoms with E-state index in [0.717, 1.165) is 43.2 Å². The van der Waals surface area contributed by atoms with Crippen LogP contribution in [0, 0.1) is 13.8 Å². The van der Waals surface area contributed by atoms with Crippen LogP contribution in [0.5, 0.6) is 0 Å². The maximum atomic E-state index is 12.5. The lowest BCUT2D eigenvalue weighted by atomic mass is 9.90. The molecular weight excluding hydrogens is 476 g/mol. The van der Waals surface area contributed by atoms with Gasteiger partial charge in [0.2, 0.25) is 0 Å². The lowest BCUT2D eigenvalue weighted by molar-refractivity contribution is -0.191. The number of carbonyl (C=O) groups excluding carboxylic acids is 3. The fraction of sp³-hybridized carbons (Fsp3) is 0.310. The molecule has 36 heavy (non-hydrogen) atoms. The van der Waals surface area contributed by atoms with Crippen LogP contribution in [-0.2, 0) is 20.9 Å². The number of benzene rings is 3. The maximum Gasteiger partial charge on any atom is 0.415 e. The van der Waals surface area contributed by atoms with Gasteiger partial charge in [0.1, 0.15) is 5.60 Å². The normalized spacial score (nSPS) is 16.8. The third-order valence-electron chi connectivity index (χ3n) is 6.94. The van der Waals surface area contributed by atoms with E-state index in [-0.39, 0.29) is 17.8 Å². The van der Waals surface area contributed by atoms with E-state index in [4.69, 9.17) is 25.9 Å². The zero-order chi connectivity index (χ0) is 25.7. The van der Waals surface area contributed by atoms with Gasteiger partial charge in [-0.1, -0.05) is 54.1 Å². The average Bonchev–Trinajstić information content (AvgIpc) is 3.18. The lowest BCUT2D eigenvalue weighted by Gasteiger charge is -2.37. The number of hydrogen-bond donors (Lipinski definition) is 0. The van der Waals surface area contributed by atoms with Gasteiger partial charge in [0, 0.05) is 43.2 Å². The first kappa shape index (κ1) is 25.6. The monoisotopic (exact) mass is 504 g/mol. The number of likely N-dealkylation sites (tertiary alicyclic amines) is 1. The molecule has 3 aromatic rings. The Labute approximate surface area is 216 Å². The number of carbonyl (C=O) groups is 1. The Balaban J connectivity index is 0.000000967. The number of rotatable bonds is 4. The first-order chi connectivity index (χ1) is 17.3. The van der Waals surface area contributed by atoms with Gasteiger partial charge in [0.15, 0.2) is 0 Å². The van der Waals surface area contributed by atoms with Crippen molar-refractivity contribution >= 4 is 29.5 Å². The summed E-state index contributed by atoms with van der Waals surface area (Å²) < 4.78 is 5.92. The molecule has 2 fully saturated rings. The van der Waals surface area contributed by atoms with Crippen molar-refractivity contribution in [3.63, 3.8) is 0 Å². The SMILES string of the molecule is Cc1cc(CN2CCC3(CC2)CN(c2ccccc2)C(=O)O3)cc(C)c1-c1ccc(Cl)cc1.O=C=O. The molecule has 0 radical (unpaired) electrons. The van der Waals surface area contributed by atoms with Crippen molar-refractivity contribution < 1.29 is 19.1 Å². The molecule has 2 aliphatic rings. The third kappa shape index (κ3) is 5.68. The highest BCUT2D eigenvalue weighted by molar-refractivity contribution is 6.30. The van der Waals surface area contributed by atoms with Crippen molar-refractivity contribution in [1.29, 1.82) is 0 Å². The van der Waals surface area contributed by atoms with Crippen LogP contribution in [0.3, 0.4) is 0 Å². The van der Waals surface area contributed by atoms with E-state index < -0.39 is 0 Å². The quantitative estimate of drug-likeness (QED) is 0.434. The molecule has 2 aliphatic heterocycles. The van der Waals surface area contributed by atoms with Crippen molar-refractivity contribution in [2.24, 2.45) is 0 Å². The molecule has 186 valence electrons. The number of aryl methyl sites for hydroxylation is 2. The molecule has 3 aromatic carbocycles. The Kier molecular flexibility index (Phi) is 7.90. The molecular formula is C29H29ClN2O4. The lowest BCUT2D eigenvalue weighted by Crippen LogP contribution is -2.46. The molecule has 6 nitrogen and oxygen atoms in total. The molecule has 1 amide bonds. The van der Waals surface area contributed by atoms with Gasteiger partial charge in [0.05, 0.1) is 6.54 Å². The summed E-state index contributed by atoms with van der Waals surface area (Å²) in [6, 6.07) is 22.5. The molecule has 0 atom stereocenters. The van der Waals surface area contributed by atoms with Gasteiger partial charge < -0.3 is 4.74 Å². The van der Waals surface area contributed by atoms with Crippen LogP contribution < -0.4 is 4.90 Å². The van der Waals surface area contributed by atoms with Crippen molar-refractivity contribution in [2.75, 3.05) is 24.5 Å². The van der Waals surface area contributed by atoms with E-state index in [0.29, 0.717) is 6.54 Å². The van der Waals surface area contributed by atoms with Crippen molar-refractivity contribution in [3.05, 3.63) is 88.4 Å². The maximum absolute atomic E-state index is 12.5. The van der Waals surface area contributed by atoms with Crippen LogP contribution in [0.25, 0.3) is 11.1 Å². The van der Waals surface area contributed by atoms with Gasteiger partial charge in [-0.05, 0) is 65.9 Å². The minimum atomic E-state index is -0.367. The molecule has 2 heterocycles. The summed E-state index contributed by atoms with van der Waals surface area (Å²) in [5, 5.41) is 0.758. The second-order valence-electron chi connectivity index (χ2n) is 9.44. The Morgan fingerprint density at radius 1 is 0.944 bits per heavy atom. The smallest absolute Gasteiger partial charge is 0.415 e. The topological polar surface area (TPSA) is 66.9 Å². The molecule has 0 saturated carbocycles. The predicted molar refractivity (Wildman–Crippen MR) is 139 cm³/mol. The standard InChI is InChI=1S/C28H29ClN2O2.CO2/c1-20-16-22(17-21(2)26(20)23-8-10-24(29)11-9-23)18-30-14-12-28(13-15-30)19-31(27(32)33-28)25-6-4-3-5-7-25;2-1-3/h3-11,16-17H,12-15,18-19H2,1-2H3;. The highest BCUT2D eigenvalue weighted by Gasteiger charge is 2.47. The van der Waals surface area contributed by atoms with Gasteiger partial charge in [0.25, 0.3) is 0 Å². The van der Waals surface area contributed by atoms with E-state index in [1.807, 2.05) is 42.5 Å². The Bertz CT molecular complexity index is 1220. The van der Waals surface area contributed by atoms with Gasteiger partial charge in [-0.15, -0.1) is 0 Å². The number of para-hydroxylation sites is 1. The molecule has 0 aromatic heterocycles. The number of anilines is 1. The largest absolute Gasteiger partial charge is 0.441 e. The molecule has 0 bridgehead atoms. The summed E-state index contributed by atoms with van der Waals surface area (Å²) in [5.41, 5.74) is 6.92. The number of hydrogen-bond acceptors (Lipinski definition) is 5. The predicted octanol–water partition coefficient (Wildman–Crippen LogP) is 6.03. The number of piperidine rings is 1. The van der Waals surface area contributed by atoms with E-state index in [2.05, 4.69) is 43.0 Å². The first-order valence-corrected chi connectivity index (χ1v) is 12.4. The summed E-state index contributed by atoms with van der Waals surface area (Å²) in [7, 11) is 0. The number of nitrogens with zero attached hydrogens (tertiary/aromatic N) is 2. The van der Waals surface area contributed by atoms with Crippen LogP contribution in [0.2, 0.25) is 5.02 Å². The number of ether oxygens (including phenoxy) is 1. The fourth-order valence-corrected chi connectivity index (χ4v) is 5.41. The number of halogens is 1. The van der Waals surface area contributed by atoms with Crippen LogP contribution in [-0.4, -0.2) is 42.4 Å². The summed E-state index contributed by atoms with van der Waals surface area (Å²) in [4.78, 5) is 33.0. The second kappa shape index (κ2) is 11.1. The number of amides is 1. The average molecular weight is 505 g/mol. The Hall–Kier alpha value is -3.44. The van der Waals surface area contributed by atoms with E-state index in [1.54, 1.807) is 4.90 Å². The van der Waals surface area contributed by atoms with Gasteiger partial charge in [-0.25, -0.2) is 4.79 Å². The molecule has 2 saturated heterocycles. The molecule has 1 spiro atoms. The molecule has 0 N–H and O–H groups in total. The first-order valence-electron chi connectivity index (χ1n) is 12.0. The molecule has 0 unspecified atom stereocenters. The van der Waals surface area contributed by atoms with Crippen LogP contribution in [0.4, 0.5) is 10.5 Å².